The summed E-state index contributed by atoms with van der Waals surface area (Å²) in [5, 5.41) is 29.6. The van der Waals surface area contributed by atoms with Gasteiger partial charge in [-0.05, 0) is 99.9 Å². The van der Waals surface area contributed by atoms with Crippen LogP contribution in [0.15, 0.2) is 45.8 Å². The maximum Gasteiger partial charge on any atom is 0.106 e. The van der Waals surface area contributed by atoms with Crippen LogP contribution in [0.5, 0.6) is 0 Å². The van der Waals surface area contributed by atoms with Gasteiger partial charge < -0.3 is 19.5 Å². The third-order valence-corrected chi connectivity index (χ3v) is 8.08. The van der Waals surface area contributed by atoms with Crippen LogP contribution in [0.25, 0.3) is 11.1 Å². The normalized spacial score (nSPS) is 15.1. The van der Waals surface area contributed by atoms with Crippen molar-refractivity contribution in [2.75, 3.05) is 13.2 Å². The topological polar surface area (TPSA) is 69.9 Å². The van der Waals surface area contributed by atoms with Gasteiger partial charge in [-0.25, -0.2) is 0 Å². The quantitative estimate of drug-likeness (QED) is 0.352. The number of rotatable bonds is 10. The minimum Gasteiger partial charge on any atom is -0.396 e. The second-order valence-electron chi connectivity index (χ2n) is 9.37. The van der Waals surface area contributed by atoms with Crippen LogP contribution < -0.4 is 0 Å². The van der Waals surface area contributed by atoms with Gasteiger partial charge in [0.05, 0.1) is 5.60 Å². The van der Waals surface area contributed by atoms with Crippen molar-refractivity contribution >= 4 is 28.0 Å². The third-order valence-electron chi connectivity index (χ3n) is 6.64. The summed E-state index contributed by atoms with van der Waals surface area (Å²) in [6.07, 6.45) is 3.00. The fourth-order valence-corrected chi connectivity index (χ4v) is 5.34. The molecule has 0 aliphatic heterocycles. The van der Waals surface area contributed by atoms with Crippen molar-refractivity contribution in [3.05, 3.63) is 52.0 Å². The summed E-state index contributed by atoms with van der Waals surface area (Å²) in [4.78, 5) is 0.973. The van der Waals surface area contributed by atoms with Crippen molar-refractivity contribution in [1.29, 1.82) is 0 Å². The Labute approximate surface area is 198 Å². The van der Waals surface area contributed by atoms with Crippen LogP contribution >= 0.6 is 28.0 Å². The van der Waals surface area contributed by atoms with Crippen LogP contribution in [0.2, 0.25) is 0 Å². The van der Waals surface area contributed by atoms with Gasteiger partial charge in [-0.2, -0.15) is 0 Å². The first kappa shape index (κ1) is 24.7. The van der Waals surface area contributed by atoms with Gasteiger partial charge >= 0.3 is 0 Å². The maximum atomic E-state index is 10.4. The standard InChI is InChI=1S/C25H33BrO4S/c1-23(2,29)24(3,4)30-31-18-8-10-20-19-9-7-17(26)15-21(19)25(11-5-13-27,12-6-14-28)22(20)16-18/h7-10,15-16,27-29H,5-6,11-14H2,1-4H3. The highest BCUT2D eigenvalue weighted by Gasteiger charge is 2.43. The zero-order valence-corrected chi connectivity index (χ0v) is 21.1. The Bertz CT molecular complexity index is 912. The molecular weight excluding hydrogens is 476 g/mol. The Balaban J connectivity index is 2.05. The molecule has 2 aromatic carbocycles. The molecule has 1 aliphatic carbocycles. The fraction of sp³-hybridized carbons (Fsp3) is 0.520. The van der Waals surface area contributed by atoms with Crippen molar-refractivity contribution in [2.24, 2.45) is 0 Å². The molecule has 6 heteroatoms. The van der Waals surface area contributed by atoms with Crippen molar-refractivity contribution in [3.63, 3.8) is 0 Å². The van der Waals surface area contributed by atoms with Gasteiger partial charge in [0.15, 0.2) is 0 Å². The van der Waals surface area contributed by atoms with E-state index in [1.165, 1.54) is 34.3 Å². The number of hydrogen-bond donors (Lipinski definition) is 3. The average molecular weight is 510 g/mol. The number of halogens is 1. The molecule has 170 valence electrons. The molecule has 0 radical (unpaired) electrons. The predicted octanol–water partition coefficient (Wildman–Crippen LogP) is 5.83. The maximum absolute atomic E-state index is 10.4. The third kappa shape index (κ3) is 4.90. The molecule has 31 heavy (non-hydrogen) atoms. The lowest BCUT2D eigenvalue weighted by atomic mass is 9.71. The average Bonchev–Trinajstić information content (AvgIpc) is 2.97. The summed E-state index contributed by atoms with van der Waals surface area (Å²) in [5.74, 6) is 0. The summed E-state index contributed by atoms with van der Waals surface area (Å²) in [5.41, 5.74) is 2.91. The Morgan fingerprint density at radius 2 is 1.45 bits per heavy atom. The Morgan fingerprint density at radius 1 is 0.903 bits per heavy atom. The van der Waals surface area contributed by atoms with Crippen molar-refractivity contribution in [3.8, 4) is 11.1 Å². The first-order chi connectivity index (χ1) is 14.6. The first-order valence-corrected chi connectivity index (χ1v) is 12.3. The smallest absolute Gasteiger partial charge is 0.106 e. The van der Waals surface area contributed by atoms with Gasteiger partial charge in [-0.3, -0.25) is 0 Å². The van der Waals surface area contributed by atoms with Gasteiger partial charge in [0.2, 0.25) is 0 Å². The van der Waals surface area contributed by atoms with Gasteiger partial charge in [0.1, 0.15) is 5.60 Å². The van der Waals surface area contributed by atoms with E-state index in [4.69, 9.17) is 4.18 Å². The molecule has 3 rings (SSSR count). The molecule has 0 unspecified atom stereocenters. The molecule has 0 aromatic heterocycles. The van der Waals surface area contributed by atoms with E-state index in [1.54, 1.807) is 13.8 Å². The molecule has 0 amide bonds. The van der Waals surface area contributed by atoms with Crippen molar-refractivity contribution in [1.82, 2.24) is 0 Å². The highest BCUT2D eigenvalue weighted by atomic mass is 79.9. The second-order valence-corrected chi connectivity index (χ2v) is 11.1. The molecule has 0 fully saturated rings. The molecule has 0 heterocycles. The highest BCUT2D eigenvalue weighted by molar-refractivity contribution is 9.10. The molecule has 1 aliphatic rings. The lowest BCUT2D eigenvalue weighted by molar-refractivity contribution is -0.0813. The highest BCUT2D eigenvalue weighted by Crippen LogP contribution is 2.55. The van der Waals surface area contributed by atoms with Gasteiger partial charge in [0, 0.05) is 40.0 Å². The number of aliphatic hydroxyl groups excluding tert-OH is 2. The molecule has 0 saturated carbocycles. The predicted molar refractivity (Wildman–Crippen MR) is 130 cm³/mol. The monoisotopic (exact) mass is 508 g/mol. The molecule has 0 saturated heterocycles. The summed E-state index contributed by atoms with van der Waals surface area (Å²) in [7, 11) is 0. The summed E-state index contributed by atoms with van der Waals surface area (Å²) < 4.78 is 7.07. The lowest BCUT2D eigenvalue weighted by Gasteiger charge is -2.36. The molecule has 3 N–H and O–H groups in total. The molecule has 2 aromatic rings. The van der Waals surface area contributed by atoms with Crippen molar-refractivity contribution < 1.29 is 19.5 Å². The molecule has 4 nitrogen and oxygen atoms in total. The van der Waals surface area contributed by atoms with E-state index in [2.05, 4.69) is 52.3 Å². The van der Waals surface area contributed by atoms with E-state index in [-0.39, 0.29) is 18.6 Å². The number of hydrogen-bond acceptors (Lipinski definition) is 5. The van der Waals surface area contributed by atoms with E-state index in [0.717, 1.165) is 22.2 Å². The van der Waals surface area contributed by atoms with E-state index in [9.17, 15) is 15.3 Å². The minimum absolute atomic E-state index is 0.136. The first-order valence-electron chi connectivity index (χ1n) is 10.8. The zero-order chi connectivity index (χ0) is 22.9. The number of aliphatic hydroxyl groups is 3. The van der Waals surface area contributed by atoms with Gasteiger partial charge in [-0.1, -0.05) is 28.1 Å². The minimum atomic E-state index is -0.981. The molecular formula is C25H33BrO4S. The molecule has 0 bridgehead atoms. The number of benzene rings is 2. The Morgan fingerprint density at radius 3 is 2.00 bits per heavy atom. The fourth-order valence-electron chi connectivity index (χ4n) is 4.18. The van der Waals surface area contributed by atoms with Crippen LogP contribution in [-0.2, 0) is 9.60 Å². The SMILES string of the molecule is CC(C)(O)C(C)(C)OSc1ccc2c(c1)C(CCCO)(CCCO)c1cc(Br)ccc1-2. The van der Waals surface area contributed by atoms with Crippen LogP contribution in [0, 0.1) is 0 Å². The summed E-state index contributed by atoms with van der Waals surface area (Å²) >= 11 is 4.91. The summed E-state index contributed by atoms with van der Waals surface area (Å²) in [6.45, 7) is 7.54. The molecule has 0 spiro atoms. The van der Waals surface area contributed by atoms with Crippen molar-refractivity contribution in [2.45, 2.75) is 74.9 Å². The van der Waals surface area contributed by atoms with E-state index in [1.807, 2.05) is 13.8 Å². The largest absolute Gasteiger partial charge is 0.396 e. The second kappa shape index (κ2) is 9.54. The van der Waals surface area contributed by atoms with Crippen LogP contribution in [0.4, 0.5) is 0 Å². The van der Waals surface area contributed by atoms with Crippen LogP contribution in [-0.4, -0.2) is 39.7 Å². The Kier molecular flexibility index (Phi) is 7.61. The van der Waals surface area contributed by atoms with Gasteiger partial charge in [0.25, 0.3) is 0 Å². The van der Waals surface area contributed by atoms with Crippen LogP contribution in [0.1, 0.15) is 64.5 Å². The lowest BCUT2D eigenvalue weighted by Crippen LogP contribution is -2.45. The molecule has 0 atom stereocenters. The van der Waals surface area contributed by atoms with E-state index >= 15 is 0 Å². The van der Waals surface area contributed by atoms with Crippen LogP contribution in [0.3, 0.4) is 0 Å². The van der Waals surface area contributed by atoms with E-state index in [0.29, 0.717) is 12.8 Å². The number of fused-ring (bicyclic) bond motifs is 3. The van der Waals surface area contributed by atoms with E-state index < -0.39 is 11.2 Å². The summed E-state index contributed by atoms with van der Waals surface area (Å²) in [6, 6.07) is 12.8. The van der Waals surface area contributed by atoms with Gasteiger partial charge in [-0.15, -0.1) is 0 Å². The zero-order valence-electron chi connectivity index (χ0n) is 18.7. The Hall–Kier alpha value is -0.890.